The molecule has 8 heteroatoms. The van der Waals surface area contributed by atoms with Crippen molar-refractivity contribution in [3.8, 4) is 5.69 Å². The number of alkyl halides is 3. The maximum atomic E-state index is 12.9. The smallest absolute Gasteiger partial charge is 0.345 e. The van der Waals surface area contributed by atoms with Gasteiger partial charge in [0.15, 0.2) is 0 Å². The van der Waals surface area contributed by atoms with E-state index < -0.39 is 17.3 Å². The van der Waals surface area contributed by atoms with Crippen molar-refractivity contribution in [3.05, 3.63) is 47.3 Å². The Morgan fingerprint density at radius 2 is 1.92 bits per heavy atom. The Morgan fingerprint density at radius 3 is 2.46 bits per heavy atom. The number of amides is 1. The van der Waals surface area contributed by atoms with Crippen LogP contribution in [-0.4, -0.2) is 27.8 Å². The Bertz CT molecular complexity index is 771. The predicted octanol–water partition coefficient (Wildman–Crippen LogP) is 3.45. The van der Waals surface area contributed by atoms with Gasteiger partial charge in [-0.1, -0.05) is 19.9 Å². The molecule has 0 aliphatic carbocycles. The largest absolute Gasteiger partial charge is 0.416 e. The monoisotopic (exact) mass is 368 g/mol. The lowest BCUT2D eigenvalue weighted by molar-refractivity contribution is -0.137. The van der Waals surface area contributed by atoms with Gasteiger partial charge in [0.2, 0.25) is 0 Å². The fourth-order valence-electron chi connectivity index (χ4n) is 2.78. The Hall–Kier alpha value is -2.35. The van der Waals surface area contributed by atoms with E-state index in [4.69, 9.17) is 5.73 Å². The average Bonchev–Trinajstić information content (AvgIpc) is 3.01. The normalized spacial score (nSPS) is 12.3. The second-order valence-corrected chi connectivity index (χ2v) is 6.25. The molecule has 0 bridgehead atoms. The third-order valence-corrected chi connectivity index (χ3v) is 4.80. The number of halogens is 3. The molecule has 2 aromatic rings. The summed E-state index contributed by atoms with van der Waals surface area (Å²) >= 11 is 0. The van der Waals surface area contributed by atoms with Gasteiger partial charge in [-0.15, -0.1) is 0 Å². The molecule has 0 aliphatic heterocycles. The third kappa shape index (κ3) is 3.90. The molecular weight excluding hydrogens is 345 g/mol. The van der Waals surface area contributed by atoms with Crippen molar-refractivity contribution in [2.45, 2.75) is 45.3 Å². The molecule has 0 saturated heterocycles. The standard InChI is InChI=1S/C18H23F3N4O/c1-4-17(5-2,11-22)24-16(26)15-10-23-25(12(15)3)14-8-6-7-13(9-14)18(19,20)21/h6-10H,4-5,11,22H2,1-3H3,(H,24,26). The molecule has 0 radical (unpaired) electrons. The van der Waals surface area contributed by atoms with Crippen molar-refractivity contribution in [3.63, 3.8) is 0 Å². The highest BCUT2D eigenvalue weighted by atomic mass is 19.4. The van der Waals surface area contributed by atoms with Crippen LogP contribution >= 0.6 is 0 Å². The molecule has 1 heterocycles. The number of hydrogen-bond acceptors (Lipinski definition) is 3. The van der Waals surface area contributed by atoms with Crippen molar-refractivity contribution in [1.29, 1.82) is 0 Å². The molecule has 0 saturated carbocycles. The number of nitrogens with two attached hydrogens (primary N) is 1. The van der Waals surface area contributed by atoms with E-state index in [2.05, 4.69) is 10.4 Å². The van der Waals surface area contributed by atoms with Crippen LogP contribution in [0.25, 0.3) is 5.69 Å². The minimum Gasteiger partial charge on any atom is -0.345 e. The molecule has 1 amide bonds. The summed E-state index contributed by atoms with van der Waals surface area (Å²) in [7, 11) is 0. The Morgan fingerprint density at radius 1 is 1.27 bits per heavy atom. The second-order valence-electron chi connectivity index (χ2n) is 6.25. The van der Waals surface area contributed by atoms with Gasteiger partial charge in [-0.3, -0.25) is 4.79 Å². The summed E-state index contributed by atoms with van der Waals surface area (Å²) in [6, 6.07) is 4.82. The molecule has 0 fully saturated rings. The highest BCUT2D eigenvalue weighted by Gasteiger charge is 2.31. The van der Waals surface area contributed by atoms with E-state index in [0.29, 0.717) is 30.6 Å². The number of hydrogen-bond donors (Lipinski definition) is 2. The van der Waals surface area contributed by atoms with Crippen molar-refractivity contribution in [2.24, 2.45) is 5.73 Å². The predicted molar refractivity (Wildman–Crippen MR) is 93.1 cm³/mol. The summed E-state index contributed by atoms with van der Waals surface area (Å²) in [5, 5.41) is 7.03. The number of carbonyl (C=O) groups excluding carboxylic acids is 1. The maximum Gasteiger partial charge on any atom is 0.416 e. The molecule has 0 spiro atoms. The fourth-order valence-corrected chi connectivity index (χ4v) is 2.78. The molecule has 1 aromatic carbocycles. The van der Waals surface area contributed by atoms with Crippen molar-refractivity contribution in [2.75, 3.05) is 6.54 Å². The molecule has 3 N–H and O–H groups in total. The first-order chi connectivity index (χ1) is 12.2. The number of nitrogens with one attached hydrogen (secondary N) is 1. The van der Waals surface area contributed by atoms with E-state index in [-0.39, 0.29) is 11.6 Å². The summed E-state index contributed by atoms with van der Waals surface area (Å²) in [5.41, 5.74) is 5.53. The molecule has 2 rings (SSSR count). The quantitative estimate of drug-likeness (QED) is 0.820. The van der Waals surface area contributed by atoms with Crippen LogP contribution in [0.4, 0.5) is 13.2 Å². The number of nitrogens with zero attached hydrogens (tertiary/aromatic N) is 2. The van der Waals surface area contributed by atoms with Crippen LogP contribution in [0, 0.1) is 6.92 Å². The lowest BCUT2D eigenvalue weighted by Crippen LogP contribution is -2.52. The van der Waals surface area contributed by atoms with E-state index in [0.717, 1.165) is 12.1 Å². The van der Waals surface area contributed by atoms with E-state index in [9.17, 15) is 18.0 Å². The lowest BCUT2D eigenvalue weighted by atomic mass is 9.92. The van der Waals surface area contributed by atoms with Crippen LogP contribution in [0.15, 0.2) is 30.5 Å². The van der Waals surface area contributed by atoms with E-state index in [1.54, 1.807) is 6.92 Å². The van der Waals surface area contributed by atoms with Gasteiger partial charge in [0, 0.05) is 6.54 Å². The van der Waals surface area contributed by atoms with E-state index in [1.807, 2.05) is 13.8 Å². The van der Waals surface area contributed by atoms with Gasteiger partial charge in [-0.25, -0.2) is 4.68 Å². The van der Waals surface area contributed by atoms with Crippen molar-refractivity contribution >= 4 is 5.91 Å². The summed E-state index contributed by atoms with van der Waals surface area (Å²) in [5.74, 6) is -0.338. The van der Waals surface area contributed by atoms with Gasteiger partial charge < -0.3 is 11.1 Å². The Balaban J connectivity index is 2.35. The average molecular weight is 368 g/mol. The van der Waals surface area contributed by atoms with Crippen LogP contribution < -0.4 is 11.1 Å². The lowest BCUT2D eigenvalue weighted by Gasteiger charge is -2.31. The maximum absolute atomic E-state index is 12.9. The first kappa shape index (κ1) is 20.0. The molecule has 1 aromatic heterocycles. The summed E-state index contributed by atoms with van der Waals surface area (Å²) < 4.78 is 40.1. The fraction of sp³-hybridized carbons (Fsp3) is 0.444. The van der Waals surface area contributed by atoms with Crippen LogP contribution in [0.1, 0.15) is 48.3 Å². The molecule has 0 aliphatic rings. The van der Waals surface area contributed by atoms with Gasteiger partial charge in [0.05, 0.1) is 34.2 Å². The highest BCUT2D eigenvalue weighted by Crippen LogP contribution is 2.30. The van der Waals surface area contributed by atoms with E-state index >= 15 is 0 Å². The van der Waals surface area contributed by atoms with Crippen molar-refractivity contribution < 1.29 is 18.0 Å². The molecular formula is C18H23F3N4O. The topological polar surface area (TPSA) is 72.9 Å². The second kappa shape index (κ2) is 7.49. The summed E-state index contributed by atoms with van der Waals surface area (Å²) in [4.78, 5) is 12.6. The zero-order valence-electron chi connectivity index (χ0n) is 15.0. The number of aromatic nitrogens is 2. The van der Waals surface area contributed by atoms with Gasteiger partial charge >= 0.3 is 6.18 Å². The van der Waals surface area contributed by atoms with Crippen molar-refractivity contribution in [1.82, 2.24) is 15.1 Å². The number of rotatable bonds is 6. The highest BCUT2D eigenvalue weighted by molar-refractivity contribution is 5.95. The molecule has 0 atom stereocenters. The van der Waals surface area contributed by atoms with Gasteiger partial charge in [0.25, 0.3) is 5.91 Å². The SMILES string of the molecule is CCC(CC)(CN)NC(=O)c1cnn(-c2cccc(C(F)(F)F)c2)c1C. The molecule has 26 heavy (non-hydrogen) atoms. The molecule has 142 valence electrons. The molecule has 0 unspecified atom stereocenters. The zero-order chi connectivity index (χ0) is 19.5. The van der Waals surface area contributed by atoms with E-state index in [1.165, 1.54) is 23.0 Å². The minimum atomic E-state index is -4.44. The Labute approximate surface area is 150 Å². The number of carbonyl (C=O) groups is 1. The van der Waals surface area contributed by atoms with Crippen LogP contribution in [-0.2, 0) is 6.18 Å². The van der Waals surface area contributed by atoms with Gasteiger partial charge in [0.1, 0.15) is 0 Å². The zero-order valence-corrected chi connectivity index (χ0v) is 15.0. The van der Waals surface area contributed by atoms with Crippen LogP contribution in [0.2, 0.25) is 0 Å². The van der Waals surface area contributed by atoms with Gasteiger partial charge in [-0.05, 0) is 38.0 Å². The number of benzene rings is 1. The third-order valence-electron chi connectivity index (χ3n) is 4.80. The summed E-state index contributed by atoms with van der Waals surface area (Å²) in [6.07, 6.45) is -1.74. The van der Waals surface area contributed by atoms with Crippen LogP contribution in [0.5, 0.6) is 0 Å². The van der Waals surface area contributed by atoms with Crippen LogP contribution in [0.3, 0.4) is 0 Å². The Kier molecular flexibility index (Phi) is 5.75. The first-order valence-corrected chi connectivity index (χ1v) is 8.42. The first-order valence-electron chi connectivity index (χ1n) is 8.42. The minimum absolute atomic E-state index is 0.243. The van der Waals surface area contributed by atoms with Gasteiger partial charge in [-0.2, -0.15) is 18.3 Å². The summed E-state index contributed by atoms with van der Waals surface area (Å²) in [6.45, 7) is 5.82. The molecule has 5 nitrogen and oxygen atoms in total.